The monoisotopic (exact) mass is 131 g/mol. The maximum Gasteiger partial charge on any atom is 0.290 e. The highest BCUT2D eigenvalue weighted by Crippen LogP contribution is 2.14. The number of benzene rings is 1. The second kappa shape index (κ2) is 2.01. The van der Waals surface area contributed by atoms with Crippen LogP contribution in [0.5, 0.6) is 5.75 Å². The topological polar surface area (TPSA) is 22.9 Å². The van der Waals surface area contributed by atoms with Crippen molar-refractivity contribution in [1.82, 2.24) is 0 Å². The average Bonchev–Trinajstić information content (AvgIpc) is 1.80. The van der Waals surface area contributed by atoms with E-state index in [9.17, 15) is 8.78 Å². The van der Waals surface area contributed by atoms with Crippen molar-refractivity contribution in [3.8, 4) is 5.75 Å². The predicted octanol–water partition coefficient (Wildman–Crippen LogP) is 1.40. The number of hydrogen-bond acceptors (Lipinski definition) is 0. The lowest BCUT2D eigenvalue weighted by Gasteiger charge is -1.88. The second-order valence-electron chi connectivity index (χ2n) is 1.62. The molecule has 9 heavy (non-hydrogen) atoms. The van der Waals surface area contributed by atoms with Crippen molar-refractivity contribution in [1.29, 1.82) is 0 Å². The van der Waals surface area contributed by atoms with Crippen molar-refractivity contribution in [2.75, 3.05) is 0 Å². The van der Waals surface area contributed by atoms with Gasteiger partial charge < -0.3 is 5.11 Å². The Hall–Kier alpha value is -1.12. The SMILES string of the molecule is [OH2+]c1ccc(F)cc1F. The number of hydrogen-bond donors (Lipinski definition) is 0. The third-order valence-electron chi connectivity index (χ3n) is 0.931. The summed E-state index contributed by atoms with van der Waals surface area (Å²) >= 11 is 0. The molecule has 1 aromatic rings. The van der Waals surface area contributed by atoms with Crippen LogP contribution in [0.3, 0.4) is 0 Å². The largest absolute Gasteiger partial charge is 0.591 e. The highest BCUT2D eigenvalue weighted by Gasteiger charge is 2.03. The van der Waals surface area contributed by atoms with Gasteiger partial charge in [0.05, 0.1) is 0 Å². The molecule has 0 amide bonds. The molecule has 1 aromatic carbocycles. The van der Waals surface area contributed by atoms with Crippen molar-refractivity contribution < 1.29 is 13.9 Å². The quantitative estimate of drug-likeness (QED) is 0.475. The minimum Gasteiger partial charge on any atom is -0.591 e. The van der Waals surface area contributed by atoms with Gasteiger partial charge in [0, 0.05) is 12.1 Å². The van der Waals surface area contributed by atoms with E-state index >= 15 is 0 Å². The Morgan fingerprint density at radius 2 is 1.89 bits per heavy atom. The minimum atomic E-state index is -0.824. The Bertz CT molecular complexity index is 222. The smallest absolute Gasteiger partial charge is 0.290 e. The molecule has 0 heterocycles. The van der Waals surface area contributed by atoms with Gasteiger partial charge in [-0.2, -0.15) is 4.39 Å². The van der Waals surface area contributed by atoms with Crippen LogP contribution in [0.15, 0.2) is 18.2 Å². The van der Waals surface area contributed by atoms with E-state index in [2.05, 4.69) is 0 Å². The molecule has 1 rings (SSSR count). The van der Waals surface area contributed by atoms with Crippen LogP contribution in [-0.4, -0.2) is 5.11 Å². The van der Waals surface area contributed by atoms with E-state index in [4.69, 9.17) is 5.11 Å². The molecular weight excluding hydrogens is 126 g/mol. The maximum absolute atomic E-state index is 12.2. The van der Waals surface area contributed by atoms with Gasteiger partial charge in [-0.05, 0) is 6.07 Å². The van der Waals surface area contributed by atoms with Crippen molar-refractivity contribution in [3.63, 3.8) is 0 Å². The molecule has 0 bridgehead atoms. The van der Waals surface area contributed by atoms with E-state index in [1.165, 1.54) is 0 Å². The Morgan fingerprint density at radius 3 is 2.33 bits per heavy atom. The molecule has 1 nitrogen and oxygen atoms in total. The molecule has 0 saturated carbocycles. The van der Waals surface area contributed by atoms with E-state index in [0.717, 1.165) is 12.1 Å². The first-order valence-corrected chi connectivity index (χ1v) is 2.37. The van der Waals surface area contributed by atoms with Gasteiger partial charge in [-0.15, -0.1) is 0 Å². The summed E-state index contributed by atoms with van der Waals surface area (Å²) in [4.78, 5) is 0. The zero-order valence-electron chi connectivity index (χ0n) is 4.49. The van der Waals surface area contributed by atoms with Gasteiger partial charge in [-0.25, -0.2) is 4.39 Å². The van der Waals surface area contributed by atoms with Gasteiger partial charge in [0.15, 0.2) is 0 Å². The first-order valence-electron chi connectivity index (χ1n) is 2.37. The molecular formula is C6H5F2O+. The summed E-state index contributed by atoms with van der Waals surface area (Å²) in [6, 6.07) is 2.80. The summed E-state index contributed by atoms with van der Waals surface area (Å²) < 4.78 is 24.2. The van der Waals surface area contributed by atoms with Gasteiger partial charge in [-0.1, -0.05) is 0 Å². The van der Waals surface area contributed by atoms with E-state index in [0.29, 0.717) is 6.07 Å². The van der Waals surface area contributed by atoms with Crippen LogP contribution in [0.25, 0.3) is 0 Å². The second-order valence-corrected chi connectivity index (χ2v) is 1.62. The van der Waals surface area contributed by atoms with Crippen LogP contribution in [0.4, 0.5) is 8.78 Å². The van der Waals surface area contributed by atoms with Gasteiger partial charge in [-0.3, -0.25) is 0 Å². The summed E-state index contributed by atoms with van der Waals surface area (Å²) in [5, 5.41) is 6.77. The molecule has 0 atom stereocenters. The molecule has 0 radical (unpaired) electrons. The Labute approximate surface area is 50.6 Å². The maximum atomic E-state index is 12.2. The molecule has 48 valence electrons. The zero-order valence-corrected chi connectivity index (χ0v) is 4.49. The van der Waals surface area contributed by atoms with Crippen LogP contribution in [0.1, 0.15) is 0 Å². The first-order chi connectivity index (χ1) is 4.20. The molecule has 0 fully saturated rings. The minimum absolute atomic E-state index is 0.281. The van der Waals surface area contributed by atoms with Crippen LogP contribution < -0.4 is 0 Å². The predicted molar refractivity (Wildman–Crippen MR) is 29.4 cm³/mol. The van der Waals surface area contributed by atoms with Gasteiger partial charge >= 0.3 is 0 Å². The molecule has 0 unspecified atom stereocenters. The number of rotatable bonds is 0. The Morgan fingerprint density at radius 1 is 1.22 bits per heavy atom. The summed E-state index contributed by atoms with van der Waals surface area (Å²) in [7, 11) is 0. The highest BCUT2D eigenvalue weighted by atomic mass is 19.1. The third-order valence-corrected chi connectivity index (χ3v) is 0.931. The van der Waals surface area contributed by atoms with E-state index in [1.54, 1.807) is 0 Å². The van der Waals surface area contributed by atoms with Crippen LogP contribution in [-0.2, 0) is 0 Å². The summed E-state index contributed by atoms with van der Waals surface area (Å²) in [5.41, 5.74) is 0. The normalized spacial score (nSPS) is 9.56. The molecule has 0 aliphatic rings. The molecule has 0 aromatic heterocycles. The van der Waals surface area contributed by atoms with E-state index in [-0.39, 0.29) is 5.75 Å². The van der Waals surface area contributed by atoms with E-state index in [1.807, 2.05) is 0 Å². The van der Waals surface area contributed by atoms with Gasteiger partial charge in [0.25, 0.3) is 5.75 Å². The van der Waals surface area contributed by atoms with Crippen molar-refractivity contribution in [2.24, 2.45) is 0 Å². The van der Waals surface area contributed by atoms with Gasteiger partial charge in [0.2, 0.25) is 5.82 Å². The summed E-state index contributed by atoms with van der Waals surface area (Å²) in [6.07, 6.45) is 0. The molecule has 2 N–H and O–H groups in total. The van der Waals surface area contributed by atoms with Crippen molar-refractivity contribution >= 4 is 0 Å². The lowest BCUT2D eigenvalue weighted by Crippen LogP contribution is -1.77. The standard InChI is InChI=1S/C6H4F2O/c7-4-1-2-6(9)5(8)3-4/h1-3,9H/p+1. The number of halogens is 2. The fourth-order valence-electron chi connectivity index (χ4n) is 0.489. The fourth-order valence-corrected chi connectivity index (χ4v) is 0.489. The summed E-state index contributed by atoms with van der Waals surface area (Å²) in [5.74, 6) is -1.75. The lowest BCUT2D eigenvalue weighted by molar-refractivity contribution is 0.428. The molecule has 3 heteroatoms. The molecule has 0 aliphatic carbocycles. The Balaban J connectivity index is 3.17. The van der Waals surface area contributed by atoms with Crippen molar-refractivity contribution in [2.45, 2.75) is 0 Å². The van der Waals surface area contributed by atoms with E-state index < -0.39 is 11.6 Å². The highest BCUT2D eigenvalue weighted by molar-refractivity contribution is 5.22. The lowest BCUT2D eigenvalue weighted by atomic mass is 10.3. The first kappa shape index (κ1) is 6.01. The fraction of sp³-hybridized carbons (Fsp3) is 0. The molecule has 0 saturated heterocycles. The molecule has 0 aliphatic heterocycles. The Kier molecular flexibility index (Phi) is 1.34. The summed E-state index contributed by atoms with van der Waals surface area (Å²) in [6.45, 7) is 0. The van der Waals surface area contributed by atoms with Crippen LogP contribution >= 0.6 is 0 Å². The van der Waals surface area contributed by atoms with Crippen molar-refractivity contribution in [3.05, 3.63) is 29.8 Å². The van der Waals surface area contributed by atoms with Crippen LogP contribution in [0, 0.1) is 11.6 Å². The zero-order chi connectivity index (χ0) is 6.85. The van der Waals surface area contributed by atoms with Crippen LogP contribution in [0.2, 0.25) is 0 Å². The van der Waals surface area contributed by atoms with Gasteiger partial charge in [0.1, 0.15) is 5.82 Å². The third kappa shape index (κ3) is 1.16. The average molecular weight is 131 g/mol. The molecule has 0 spiro atoms.